The maximum absolute atomic E-state index is 13.8. The first kappa shape index (κ1) is 108. The number of ketones is 1. The lowest BCUT2D eigenvalue weighted by atomic mass is 9.79. The van der Waals surface area contributed by atoms with Gasteiger partial charge in [0.25, 0.3) is 11.4 Å². The summed E-state index contributed by atoms with van der Waals surface area (Å²) in [5, 5.41) is 23.4. The number of nitro benzene ring substituents is 2. The normalized spacial score (nSPS) is 15.2. The number of thiazole rings is 2. The van der Waals surface area contributed by atoms with Gasteiger partial charge in [0.1, 0.15) is 91.8 Å². The van der Waals surface area contributed by atoms with Crippen LogP contribution >= 0.6 is 22.7 Å². The Morgan fingerprint density at radius 1 is 0.391 bits per heavy atom. The number of fused-ring (bicyclic) bond motifs is 2. The third-order valence-corrected chi connectivity index (χ3v) is 22.9. The first-order valence-corrected chi connectivity index (χ1v) is 43.0. The van der Waals surface area contributed by atoms with Crippen molar-refractivity contribution in [3.05, 3.63) is 276 Å². The van der Waals surface area contributed by atoms with Crippen LogP contribution in [0.1, 0.15) is 118 Å². The first-order valence-electron chi connectivity index (χ1n) is 41.4. The number of hydrogen-bond donors (Lipinski definition) is 0. The van der Waals surface area contributed by atoms with E-state index in [1.165, 1.54) is 133 Å². The molecule has 0 spiro atoms. The van der Waals surface area contributed by atoms with E-state index in [-0.39, 0.29) is 162 Å². The number of nitrogens with zero attached hydrogens (tertiary/aromatic N) is 4. The van der Waals surface area contributed by atoms with Crippen molar-refractivity contribution in [3.8, 4) is 67.1 Å². The minimum Gasteiger partial charge on any atom is -0.490 e. The zero-order valence-electron chi connectivity index (χ0n) is 71.3. The number of ether oxygens (including phenoxy) is 16. The van der Waals surface area contributed by atoms with Crippen molar-refractivity contribution < 1.29 is 143 Å². The lowest BCUT2D eigenvalue weighted by molar-refractivity contribution is -0.385. The van der Waals surface area contributed by atoms with Gasteiger partial charge in [-0.1, -0.05) is 74.7 Å². The average molecular weight is 1930 g/mol. The van der Waals surface area contributed by atoms with Gasteiger partial charge in [0.05, 0.1) is 57.5 Å². The van der Waals surface area contributed by atoms with Crippen LogP contribution in [0, 0.1) is 43.9 Å². The Bertz CT molecular complexity index is 6060. The molecule has 1 aliphatic heterocycles. The average Bonchev–Trinajstić information content (AvgIpc) is 1.63. The van der Waals surface area contributed by atoms with Crippen LogP contribution in [0.2, 0.25) is 0 Å². The molecule has 1 saturated heterocycles. The van der Waals surface area contributed by atoms with E-state index in [9.17, 15) is 77.8 Å². The molecule has 10 aromatic rings. The number of rotatable bonds is 42. The summed E-state index contributed by atoms with van der Waals surface area (Å²) in [6.45, 7) is 16.2. The summed E-state index contributed by atoms with van der Waals surface area (Å²) < 4.78 is 87.0. The highest BCUT2D eigenvalue weighted by Crippen LogP contribution is 2.45. The molecule has 0 amide bonds. The van der Waals surface area contributed by atoms with Crippen molar-refractivity contribution in [2.24, 2.45) is 23.7 Å². The highest BCUT2D eigenvalue weighted by molar-refractivity contribution is 7.22. The molecule has 8 aromatic carbocycles. The monoisotopic (exact) mass is 1930 g/mol. The fourth-order valence-electron chi connectivity index (χ4n) is 13.4. The van der Waals surface area contributed by atoms with Gasteiger partial charge < -0.3 is 75.8 Å². The highest BCUT2D eigenvalue weighted by atomic mass is 32.1. The van der Waals surface area contributed by atoms with E-state index in [2.05, 4.69) is 37.9 Å². The molecule has 3 unspecified atom stereocenters. The second-order valence-corrected chi connectivity index (χ2v) is 31.7. The molecule has 0 radical (unpaired) electrons. The number of nitro groups is 2. The van der Waals surface area contributed by atoms with Gasteiger partial charge in [-0.15, -0.1) is 22.7 Å². The number of Topliss-reactive ketones (excluding diaryl/α,β-unsaturated/α-hetero) is 1. The van der Waals surface area contributed by atoms with Crippen LogP contribution in [0.15, 0.2) is 233 Å². The van der Waals surface area contributed by atoms with Crippen LogP contribution in [-0.4, -0.2) is 163 Å². The standard InChI is InChI=1S/C56H54N2O18S.C40H30N2O14S.4CH4/c1-3-48(60)71-31-44(73-49(61)4-2)30-69-41-21-5-33(6-22-41)27-45(59)34-7-9-38(10-8-34)56(65)76-47-26-25-46(50-51(47)77-52(57-50)35-15-19-40(20-16-35)58(66)67)75-55(64)39-13-11-37(12-14-39)54(63)74-42-23-17-36(18-24-42)53(62)72-32-68-28-43-29-70-43;1-4-33(43)51-22-30(54-35(45)6-3)21-50-28-15-9-26(10-16-28)40(47)56-32-20-19-31(36-37(32)57-38(41-36)24-7-13-27(14-8-24)42(48)49)55-39(46)25-11-17-29(18-12-25)52-23-53-34(44)5-2;;;;/h3-6,15-26,34,37-39,43-44H,1-2,7-14,27-32H2;4-20,30H,1-3,21-23H2;4*1H4. The molecular formula is C100H100N4O32S2. The van der Waals surface area contributed by atoms with Crippen molar-refractivity contribution in [3.63, 3.8) is 0 Å². The SMILES string of the molecule is C.C.C.C.C=CC(=O)OCC(COc1ccc(CC(=O)C2CCC(C(=O)Oc3ccc(OC(=O)C4CCC(C(=O)Oc5ccc(C(=O)OCOCC6CO6)cc5)CC4)c4nc(-c5ccc([N+](=O)[O-])cc5)sc34)CC2)cc1)OC(=O)C=C.C=CC(=O)OCOc1ccc(C(=O)Oc2ccc(OC(=O)c3ccc(OCC(COC(=O)C=C)OC(=O)C=C)cc3)c3sc(-c4ccc([N+](=O)[O-])cc4)nc23)cc1. The Morgan fingerprint density at radius 2 is 0.746 bits per heavy atom. The Hall–Kier alpha value is -15.8. The number of esters is 11. The molecule has 0 bridgehead atoms. The molecule has 0 N–H and O–H groups in total. The number of aromatic nitrogens is 2. The van der Waals surface area contributed by atoms with Crippen LogP contribution in [-0.2, 0) is 87.5 Å². The molecule has 3 fully saturated rings. The number of non-ortho nitro benzene ring substituents is 2. The zero-order chi connectivity index (χ0) is 95.3. The van der Waals surface area contributed by atoms with Crippen LogP contribution in [0.4, 0.5) is 11.4 Å². The van der Waals surface area contributed by atoms with Crippen LogP contribution in [0.25, 0.3) is 41.6 Å². The molecule has 2 aliphatic carbocycles. The lowest BCUT2D eigenvalue weighted by Gasteiger charge is -2.26. The predicted molar refractivity (Wildman–Crippen MR) is 504 cm³/mol. The van der Waals surface area contributed by atoms with Crippen molar-refractivity contribution in [2.75, 3.05) is 53.2 Å². The summed E-state index contributed by atoms with van der Waals surface area (Å²) in [5.41, 5.74) is 2.53. The van der Waals surface area contributed by atoms with E-state index in [1.807, 2.05) is 0 Å². The molecule has 36 nitrogen and oxygen atoms in total. The number of epoxide rings is 1. The molecule has 724 valence electrons. The van der Waals surface area contributed by atoms with E-state index in [0.29, 0.717) is 112 Å². The number of carbonyl (C=O) groups is 12. The van der Waals surface area contributed by atoms with E-state index >= 15 is 0 Å². The maximum Gasteiger partial charge on any atom is 0.343 e. The van der Waals surface area contributed by atoms with Gasteiger partial charge in [-0.25, -0.2) is 48.3 Å². The Balaban J connectivity index is 0.000000343. The zero-order valence-corrected chi connectivity index (χ0v) is 73.0. The summed E-state index contributed by atoms with van der Waals surface area (Å²) >= 11 is 2.26. The van der Waals surface area contributed by atoms with Gasteiger partial charge in [0.15, 0.2) is 42.0 Å². The lowest BCUT2D eigenvalue weighted by Crippen LogP contribution is -2.30. The van der Waals surface area contributed by atoms with Gasteiger partial charge >= 0.3 is 65.7 Å². The molecule has 38 heteroatoms. The molecule has 3 aliphatic rings. The predicted octanol–water partition coefficient (Wildman–Crippen LogP) is 17.6. The summed E-state index contributed by atoms with van der Waals surface area (Å²) in [6, 6.07) is 41.8. The minimum absolute atomic E-state index is 0. The molecule has 138 heavy (non-hydrogen) atoms. The maximum atomic E-state index is 13.8. The smallest absolute Gasteiger partial charge is 0.343 e. The Labute approximate surface area is 800 Å². The largest absolute Gasteiger partial charge is 0.490 e. The van der Waals surface area contributed by atoms with Crippen LogP contribution in [0.5, 0.6) is 46.0 Å². The van der Waals surface area contributed by atoms with E-state index in [1.54, 1.807) is 36.4 Å². The minimum atomic E-state index is -0.967. The second kappa shape index (κ2) is 52.2. The quantitative estimate of drug-likeness (QED) is 0.00394. The molecular weight excluding hydrogens is 1830 g/mol. The first-order chi connectivity index (χ1) is 64.7. The molecule has 3 atom stereocenters. The molecule has 2 aromatic heterocycles. The number of hydrogen-bond acceptors (Lipinski definition) is 36. The third-order valence-electron chi connectivity index (χ3n) is 20.6. The van der Waals surface area contributed by atoms with E-state index in [4.69, 9.17) is 80.8 Å². The van der Waals surface area contributed by atoms with E-state index < -0.39 is 105 Å². The van der Waals surface area contributed by atoms with Gasteiger partial charge in [-0.2, -0.15) is 0 Å². The number of carbonyl (C=O) groups excluding carboxylic acids is 12. The summed E-state index contributed by atoms with van der Waals surface area (Å²) in [7, 11) is 0. The Morgan fingerprint density at radius 3 is 1.17 bits per heavy atom. The topological polar surface area (TPSA) is 468 Å². The van der Waals surface area contributed by atoms with Crippen molar-refractivity contribution in [1.29, 1.82) is 0 Å². The number of benzene rings is 8. The highest BCUT2D eigenvalue weighted by Gasteiger charge is 2.36. The van der Waals surface area contributed by atoms with Crippen LogP contribution in [0.3, 0.4) is 0 Å². The van der Waals surface area contributed by atoms with Crippen molar-refractivity contribution >= 4 is 126 Å². The Kier molecular flexibility index (Phi) is 40.7. The summed E-state index contributed by atoms with van der Waals surface area (Å²) in [5.74, 6) is -7.13. The van der Waals surface area contributed by atoms with Crippen molar-refractivity contribution in [1.82, 2.24) is 9.97 Å². The fourth-order valence-corrected chi connectivity index (χ4v) is 15.5. The van der Waals surface area contributed by atoms with Gasteiger partial charge in [0, 0.05) is 78.1 Å². The second-order valence-electron chi connectivity index (χ2n) is 29.7. The van der Waals surface area contributed by atoms with Gasteiger partial charge in [0.2, 0.25) is 6.79 Å². The van der Waals surface area contributed by atoms with E-state index in [0.717, 1.165) is 58.6 Å². The van der Waals surface area contributed by atoms with Gasteiger partial charge in [-0.3, -0.25) is 39.4 Å². The summed E-state index contributed by atoms with van der Waals surface area (Å²) in [4.78, 5) is 182. The molecule has 13 rings (SSSR count). The summed E-state index contributed by atoms with van der Waals surface area (Å²) in [6.07, 6.45) is 6.40. The van der Waals surface area contributed by atoms with Crippen molar-refractivity contribution in [2.45, 2.75) is 106 Å². The molecule has 2 saturated carbocycles. The van der Waals surface area contributed by atoms with Gasteiger partial charge in [-0.05, 0) is 190 Å². The third kappa shape index (κ3) is 30.6. The fraction of sp³-hybridized carbons (Fsp3) is 0.280. The van der Waals surface area contributed by atoms with Crippen LogP contribution < -0.4 is 37.9 Å². The molecule has 3 heterocycles.